The van der Waals surface area contributed by atoms with E-state index < -0.39 is 0 Å². The van der Waals surface area contributed by atoms with E-state index in [1.165, 1.54) is 5.56 Å². The first kappa shape index (κ1) is 12.5. The van der Waals surface area contributed by atoms with Crippen molar-refractivity contribution < 1.29 is 4.74 Å². The fourth-order valence-corrected chi connectivity index (χ4v) is 1.94. The highest BCUT2D eigenvalue weighted by Crippen LogP contribution is 2.34. The molecule has 0 aliphatic rings. The minimum atomic E-state index is 0.706. The number of nitrogen functional groups attached to an aromatic ring is 1. The van der Waals surface area contributed by atoms with Crippen LogP contribution in [0.15, 0.2) is 30.3 Å². The molecule has 0 aromatic heterocycles. The van der Waals surface area contributed by atoms with Crippen LogP contribution in [0, 0.1) is 27.7 Å². The third-order valence-electron chi connectivity index (χ3n) is 3.37. The van der Waals surface area contributed by atoms with Gasteiger partial charge in [0.05, 0.1) is 5.69 Å². The second-order valence-electron chi connectivity index (χ2n) is 4.74. The van der Waals surface area contributed by atoms with Gasteiger partial charge >= 0.3 is 0 Å². The molecule has 2 N–H and O–H groups in total. The Bertz CT molecular complexity index is 588. The van der Waals surface area contributed by atoms with E-state index in [0.717, 1.165) is 28.2 Å². The van der Waals surface area contributed by atoms with Crippen LogP contribution in [-0.2, 0) is 0 Å². The van der Waals surface area contributed by atoms with Gasteiger partial charge in [-0.2, -0.15) is 0 Å². The second kappa shape index (κ2) is 4.73. The molecule has 2 aromatic carbocycles. The van der Waals surface area contributed by atoms with Gasteiger partial charge < -0.3 is 10.5 Å². The monoisotopic (exact) mass is 241 g/mol. The summed E-state index contributed by atoms with van der Waals surface area (Å²) in [5.74, 6) is 1.64. The molecule has 0 radical (unpaired) electrons. The summed E-state index contributed by atoms with van der Waals surface area (Å²) in [6, 6.07) is 10.0. The Hall–Kier alpha value is -1.96. The van der Waals surface area contributed by atoms with E-state index in [1.807, 2.05) is 32.0 Å². The summed E-state index contributed by atoms with van der Waals surface area (Å²) in [6.07, 6.45) is 0. The molecule has 0 aliphatic heterocycles. The molecule has 0 aliphatic carbocycles. The van der Waals surface area contributed by atoms with E-state index in [4.69, 9.17) is 10.5 Å². The third-order valence-corrected chi connectivity index (χ3v) is 3.37. The Kier molecular flexibility index (Phi) is 3.28. The van der Waals surface area contributed by atoms with E-state index in [0.29, 0.717) is 5.69 Å². The largest absolute Gasteiger partial charge is 0.455 e. The van der Waals surface area contributed by atoms with Gasteiger partial charge in [-0.1, -0.05) is 24.3 Å². The Morgan fingerprint density at radius 2 is 1.50 bits per heavy atom. The SMILES string of the molecule is Cc1ccc(C)c(Oc2cccc(C)c2N)c1C. The number of nitrogens with two attached hydrogens (primary N) is 1. The van der Waals surface area contributed by atoms with E-state index >= 15 is 0 Å². The average Bonchev–Trinajstić information content (AvgIpc) is 2.35. The lowest BCUT2D eigenvalue weighted by Crippen LogP contribution is -1.98. The number of hydrogen-bond donors (Lipinski definition) is 1. The molecule has 94 valence electrons. The predicted molar refractivity (Wildman–Crippen MR) is 76.3 cm³/mol. The molecule has 2 aromatic rings. The van der Waals surface area contributed by atoms with Crippen molar-refractivity contribution in [2.24, 2.45) is 0 Å². The van der Waals surface area contributed by atoms with Gasteiger partial charge in [-0.15, -0.1) is 0 Å². The molecular weight excluding hydrogens is 222 g/mol. The minimum absolute atomic E-state index is 0.706. The van der Waals surface area contributed by atoms with Crippen molar-refractivity contribution in [3.8, 4) is 11.5 Å². The van der Waals surface area contributed by atoms with Gasteiger partial charge in [0, 0.05) is 0 Å². The molecule has 0 atom stereocenters. The standard InChI is InChI=1S/C16H19NO/c1-10-8-9-12(3)16(13(10)4)18-14-7-5-6-11(2)15(14)17/h5-9H,17H2,1-4H3. The van der Waals surface area contributed by atoms with Crippen LogP contribution in [0.3, 0.4) is 0 Å². The molecule has 2 heteroatoms. The van der Waals surface area contributed by atoms with Crippen LogP contribution < -0.4 is 10.5 Å². The van der Waals surface area contributed by atoms with E-state index in [1.54, 1.807) is 0 Å². The maximum absolute atomic E-state index is 6.04. The van der Waals surface area contributed by atoms with Crippen molar-refractivity contribution in [1.82, 2.24) is 0 Å². The molecule has 0 saturated heterocycles. The maximum atomic E-state index is 6.04. The predicted octanol–water partition coefficient (Wildman–Crippen LogP) is 4.29. The highest BCUT2D eigenvalue weighted by atomic mass is 16.5. The highest BCUT2D eigenvalue weighted by molar-refractivity contribution is 5.60. The lowest BCUT2D eigenvalue weighted by molar-refractivity contribution is 0.476. The molecule has 0 bridgehead atoms. The summed E-state index contributed by atoms with van der Waals surface area (Å²) in [5.41, 5.74) is 11.3. The lowest BCUT2D eigenvalue weighted by Gasteiger charge is -2.15. The zero-order valence-corrected chi connectivity index (χ0v) is 11.4. The summed E-state index contributed by atoms with van der Waals surface area (Å²) in [4.78, 5) is 0. The van der Waals surface area contributed by atoms with Crippen molar-refractivity contribution in [1.29, 1.82) is 0 Å². The molecule has 2 nitrogen and oxygen atoms in total. The van der Waals surface area contributed by atoms with Crippen LogP contribution in [-0.4, -0.2) is 0 Å². The summed E-state index contributed by atoms with van der Waals surface area (Å²) in [5, 5.41) is 0. The first-order chi connectivity index (χ1) is 8.50. The molecule has 18 heavy (non-hydrogen) atoms. The van der Waals surface area contributed by atoms with Gasteiger partial charge in [0.25, 0.3) is 0 Å². The summed E-state index contributed by atoms with van der Waals surface area (Å²) >= 11 is 0. The van der Waals surface area contributed by atoms with Crippen LogP contribution in [0.5, 0.6) is 11.5 Å². The van der Waals surface area contributed by atoms with Gasteiger partial charge in [0.15, 0.2) is 5.75 Å². The third kappa shape index (κ3) is 2.19. The van der Waals surface area contributed by atoms with Gasteiger partial charge in [0.2, 0.25) is 0 Å². The molecule has 2 rings (SSSR count). The van der Waals surface area contributed by atoms with Crippen LogP contribution in [0.4, 0.5) is 5.69 Å². The Morgan fingerprint density at radius 1 is 0.833 bits per heavy atom. The van der Waals surface area contributed by atoms with Crippen molar-refractivity contribution >= 4 is 5.69 Å². The molecule has 0 unspecified atom stereocenters. The number of para-hydroxylation sites is 1. The number of benzene rings is 2. The molecule has 0 fully saturated rings. The number of rotatable bonds is 2. The fourth-order valence-electron chi connectivity index (χ4n) is 1.94. The van der Waals surface area contributed by atoms with Crippen molar-refractivity contribution in [3.63, 3.8) is 0 Å². The van der Waals surface area contributed by atoms with Crippen LogP contribution in [0.2, 0.25) is 0 Å². The van der Waals surface area contributed by atoms with E-state index in [2.05, 4.69) is 26.0 Å². The molecule has 0 amide bonds. The number of ether oxygens (including phenoxy) is 1. The fraction of sp³-hybridized carbons (Fsp3) is 0.250. The first-order valence-electron chi connectivity index (χ1n) is 6.10. The smallest absolute Gasteiger partial charge is 0.150 e. The average molecular weight is 241 g/mol. The molecule has 0 spiro atoms. The topological polar surface area (TPSA) is 35.2 Å². The number of aryl methyl sites for hydroxylation is 3. The first-order valence-corrected chi connectivity index (χ1v) is 6.10. The Labute approximate surface area is 108 Å². The molecule has 0 saturated carbocycles. The van der Waals surface area contributed by atoms with Gasteiger partial charge in [0.1, 0.15) is 5.75 Å². The Balaban J connectivity index is 2.46. The summed E-state index contributed by atoms with van der Waals surface area (Å²) in [6.45, 7) is 8.19. The quantitative estimate of drug-likeness (QED) is 0.796. The zero-order valence-electron chi connectivity index (χ0n) is 11.4. The van der Waals surface area contributed by atoms with Crippen LogP contribution in [0.1, 0.15) is 22.3 Å². The minimum Gasteiger partial charge on any atom is -0.455 e. The number of hydrogen-bond acceptors (Lipinski definition) is 2. The zero-order chi connectivity index (χ0) is 13.3. The second-order valence-corrected chi connectivity index (χ2v) is 4.74. The van der Waals surface area contributed by atoms with Gasteiger partial charge in [-0.05, 0) is 56.0 Å². The Morgan fingerprint density at radius 3 is 2.22 bits per heavy atom. The highest BCUT2D eigenvalue weighted by Gasteiger charge is 2.10. The van der Waals surface area contributed by atoms with E-state index in [9.17, 15) is 0 Å². The van der Waals surface area contributed by atoms with Gasteiger partial charge in [-0.3, -0.25) is 0 Å². The van der Waals surface area contributed by atoms with Crippen molar-refractivity contribution in [2.45, 2.75) is 27.7 Å². The molecular formula is C16H19NO. The summed E-state index contributed by atoms with van der Waals surface area (Å²) < 4.78 is 6.01. The molecule has 0 heterocycles. The van der Waals surface area contributed by atoms with Crippen molar-refractivity contribution in [3.05, 3.63) is 52.6 Å². The van der Waals surface area contributed by atoms with Crippen molar-refractivity contribution in [2.75, 3.05) is 5.73 Å². The normalized spacial score (nSPS) is 10.4. The lowest BCUT2D eigenvalue weighted by atomic mass is 10.1. The van der Waals surface area contributed by atoms with Gasteiger partial charge in [-0.25, -0.2) is 0 Å². The van der Waals surface area contributed by atoms with Crippen LogP contribution >= 0.6 is 0 Å². The summed E-state index contributed by atoms with van der Waals surface area (Å²) in [7, 11) is 0. The maximum Gasteiger partial charge on any atom is 0.150 e. The van der Waals surface area contributed by atoms with Crippen LogP contribution in [0.25, 0.3) is 0 Å². The number of anilines is 1. The van der Waals surface area contributed by atoms with E-state index in [-0.39, 0.29) is 0 Å².